The third kappa shape index (κ3) is 3.64. The Hall–Kier alpha value is -1.66. The maximum Gasteiger partial charge on any atom is 0.148 e. The van der Waals surface area contributed by atoms with Crippen LogP contribution in [0.5, 0.6) is 0 Å². The molecule has 4 nitrogen and oxygen atoms in total. The van der Waals surface area contributed by atoms with Crippen molar-refractivity contribution in [1.29, 1.82) is 0 Å². The van der Waals surface area contributed by atoms with E-state index >= 15 is 0 Å². The summed E-state index contributed by atoms with van der Waals surface area (Å²) in [5.74, 6) is 1.38. The molecule has 2 unspecified atom stereocenters. The first-order chi connectivity index (χ1) is 11.1. The van der Waals surface area contributed by atoms with Gasteiger partial charge in [-0.05, 0) is 55.0 Å². The van der Waals surface area contributed by atoms with Crippen LogP contribution in [0, 0.1) is 5.82 Å². The molecule has 0 aliphatic heterocycles. The third-order valence-corrected chi connectivity index (χ3v) is 5.60. The third-order valence-electron chi connectivity index (χ3n) is 4.19. The average Bonchev–Trinajstić information content (AvgIpc) is 2.58. The lowest BCUT2D eigenvalue weighted by Gasteiger charge is -2.45. The summed E-state index contributed by atoms with van der Waals surface area (Å²) in [4.78, 5) is 0. The highest BCUT2D eigenvalue weighted by atomic mass is 32.2. The Kier molecular flexibility index (Phi) is 4.82. The van der Waals surface area contributed by atoms with Gasteiger partial charge in [0, 0.05) is 17.4 Å². The number of benzene rings is 1. The number of hydrogen-bond acceptors (Lipinski definition) is 5. The normalized spacial score (nSPS) is 23.3. The molecule has 1 aliphatic carbocycles. The number of halogens is 1. The van der Waals surface area contributed by atoms with Gasteiger partial charge in [-0.15, -0.1) is 10.2 Å². The van der Waals surface area contributed by atoms with Crippen molar-refractivity contribution in [3.63, 3.8) is 0 Å². The van der Waals surface area contributed by atoms with E-state index in [1.165, 1.54) is 12.1 Å². The molecule has 0 bridgehead atoms. The van der Waals surface area contributed by atoms with Crippen molar-refractivity contribution in [2.75, 3.05) is 17.6 Å². The van der Waals surface area contributed by atoms with Gasteiger partial charge in [0.2, 0.25) is 0 Å². The van der Waals surface area contributed by atoms with Crippen LogP contribution < -0.4 is 5.32 Å². The van der Waals surface area contributed by atoms with Crippen LogP contribution in [0.15, 0.2) is 36.4 Å². The zero-order valence-corrected chi connectivity index (χ0v) is 13.8. The Balaban J connectivity index is 1.61. The van der Waals surface area contributed by atoms with Crippen LogP contribution >= 0.6 is 11.8 Å². The van der Waals surface area contributed by atoms with Crippen molar-refractivity contribution in [3.05, 3.63) is 42.2 Å². The molecule has 1 heterocycles. The van der Waals surface area contributed by atoms with E-state index in [-0.39, 0.29) is 5.82 Å². The summed E-state index contributed by atoms with van der Waals surface area (Å²) in [5, 5.41) is 22.3. The Labute approximate surface area is 139 Å². The largest absolute Gasteiger partial charge is 0.387 e. The quantitative estimate of drug-likeness (QED) is 0.849. The van der Waals surface area contributed by atoms with Gasteiger partial charge >= 0.3 is 0 Å². The number of hydrogen-bond donors (Lipinski definition) is 2. The molecule has 6 heteroatoms. The molecule has 0 spiro atoms. The Morgan fingerprint density at radius 1 is 1.26 bits per heavy atom. The van der Waals surface area contributed by atoms with Crippen LogP contribution in [0.4, 0.5) is 10.2 Å². The molecule has 3 rings (SSSR count). The van der Waals surface area contributed by atoms with E-state index in [1.807, 2.05) is 12.1 Å². The topological polar surface area (TPSA) is 58.0 Å². The zero-order valence-electron chi connectivity index (χ0n) is 13.0. The highest BCUT2D eigenvalue weighted by Gasteiger charge is 2.44. The maximum atomic E-state index is 12.9. The minimum absolute atomic E-state index is 0.270. The predicted molar refractivity (Wildman–Crippen MR) is 92.0 cm³/mol. The van der Waals surface area contributed by atoms with Gasteiger partial charge in [0.05, 0.1) is 11.3 Å². The first-order valence-corrected chi connectivity index (χ1v) is 8.83. The fourth-order valence-electron chi connectivity index (χ4n) is 2.68. The van der Waals surface area contributed by atoms with Gasteiger partial charge in [-0.25, -0.2) is 4.39 Å². The summed E-state index contributed by atoms with van der Waals surface area (Å²) in [6, 6.07) is 9.83. The van der Waals surface area contributed by atoms with Crippen LogP contribution in [0.3, 0.4) is 0 Å². The van der Waals surface area contributed by atoms with Gasteiger partial charge in [-0.1, -0.05) is 6.92 Å². The van der Waals surface area contributed by atoms with E-state index in [9.17, 15) is 9.50 Å². The molecule has 2 aromatic rings. The van der Waals surface area contributed by atoms with Gasteiger partial charge in [0.1, 0.15) is 11.6 Å². The van der Waals surface area contributed by atoms with Crippen LogP contribution in [0.1, 0.15) is 19.8 Å². The Morgan fingerprint density at radius 3 is 2.61 bits per heavy atom. The van der Waals surface area contributed by atoms with Crippen molar-refractivity contribution in [2.45, 2.75) is 30.6 Å². The molecule has 1 aromatic heterocycles. The van der Waals surface area contributed by atoms with E-state index in [0.29, 0.717) is 23.3 Å². The number of thioether (sulfide) groups is 1. The molecule has 1 aromatic carbocycles. The van der Waals surface area contributed by atoms with Crippen LogP contribution in [0.2, 0.25) is 0 Å². The average molecular weight is 333 g/mol. The summed E-state index contributed by atoms with van der Waals surface area (Å²) < 4.78 is 12.9. The molecule has 1 aliphatic rings. The monoisotopic (exact) mass is 333 g/mol. The standard InChI is InChI=1S/C17H20FN3OS/c1-2-23-15-9-10-17(15,22)11-19-16-8-7-14(20-21-16)12-3-5-13(18)6-4-12/h3-8,15,22H,2,9-11H2,1H3,(H,19,21). The molecule has 122 valence electrons. The first kappa shape index (κ1) is 16.2. The summed E-state index contributed by atoms with van der Waals surface area (Å²) >= 11 is 1.80. The Morgan fingerprint density at radius 2 is 2.04 bits per heavy atom. The second-order valence-corrected chi connectivity index (χ2v) is 7.23. The number of nitrogens with one attached hydrogen (secondary N) is 1. The highest BCUT2D eigenvalue weighted by molar-refractivity contribution is 8.00. The number of rotatable bonds is 6. The lowest BCUT2D eigenvalue weighted by molar-refractivity contribution is -0.0120. The molecular formula is C17H20FN3OS. The van der Waals surface area contributed by atoms with Gasteiger partial charge in [0.25, 0.3) is 0 Å². The lowest BCUT2D eigenvalue weighted by Crippen LogP contribution is -2.54. The van der Waals surface area contributed by atoms with E-state index in [2.05, 4.69) is 22.4 Å². The molecule has 0 saturated heterocycles. The minimum Gasteiger partial charge on any atom is -0.387 e. The molecular weight excluding hydrogens is 313 g/mol. The summed E-state index contributed by atoms with van der Waals surface area (Å²) in [6.45, 7) is 2.59. The van der Waals surface area contributed by atoms with Crippen LogP contribution in [-0.2, 0) is 0 Å². The molecule has 1 fully saturated rings. The second kappa shape index (κ2) is 6.84. The van der Waals surface area contributed by atoms with Crippen molar-refractivity contribution in [3.8, 4) is 11.3 Å². The van der Waals surface area contributed by atoms with Gasteiger partial charge in [0.15, 0.2) is 0 Å². The molecule has 2 N–H and O–H groups in total. The number of aromatic nitrogens is 2. The molecule has 2 atom stereocenters. The van der Waals surface area contributed by atoms with Crippen molar-refractivity contribution >= 4 is 17.6 Å². The number of aliphatic hydroxyl groups is 1. The predicted octanol–water partition coefficient (Wildman–Crippen LogP) is 3.34. The molecule has 23 heavy (non-hydrogen) atoms. The minimum atomic E-state index is -0.655. The van der Waals surface area contributed by atoms with Gasteiger partial charge < -0.3 is 10.4 Å². The van der Waals surface area contributed by atoms with Gasteiger partial charge in [-0.2, -0.15) is 11.8 Å². The van der Waals surface area contributed by atoms with Crippen molar-refractivity contribution in [2.24, 2.45) is 0 Å². The van der Waals surface area contributed by atoms with Crippen molar-refractivity contribution in [1.82, 2.24) is 10.2 Å². The first-order valence-electron chi connectivity index (χ1n) is 7.78. The highest BCUT2D eigenvalue weighted by Crippen LogP contribution is 2.41. The molecule has 0 amide bonds. The van der Waals surface area contributed by atoms with Crippen molar-refractivity contribution < 1.29 is 9.50 Å². The fourth-order valence-corrected chi connectivity index (χ4v) is 3.88. The summed E-state index contributed by atoms with van der Waals surface area (Å²) in [6.07, 6.45) is 1.88. The summed E-state index contributed by atoms with van der Waals surface area (Å²) in [5.41, 5.74) is 0.859. The molecule has 0 radical (unpaired) electrons. The molecule has 1 saturated carbocycles. The zero-order chi connectivity index (χ0) is 16.3. The van der Waals surface area contributed by atoms with Crippen LogP contribution in [-0.4, -0.2) is 38.5 Å². The van der Waals surface area contributed by atoms with E-state index in [4.69, 9.17) is 0 Å². The number of anilines is 1. The summed E-state index contributed by atoms with van der Waals surface area (Å²) in [7, 11) is 0. The van der Waals surface area contributed by atoms with E-state index in [1.54, 1.807) is 23.9 Å². The number of nitrogens with zero attached hydrogens (tertiary/aromatic N) is 2. The second-order valence-electron chi connectivity index (χ2n) is 5.75. The fraction of sp³-hybridized carbons (Fsp3) is 0.412. The lowest BCUT2D eigenvalue weighted by atomic mass is 9.79. The smallest absolute Gasteiger partial charge is 0.148 e. The van der Waals surface area contributed by atoms with E-state index in [0.717, 1.165) is 24.2 Å². The Bertz CT molecular complexity index is 650. The van der Waals surface area contributed by atoms with Crippen LogP contribution in [0.25, 0.3) is 11.3 Å². The van der Waals surface area contributed by atoms with E-state index < -0.39 is 5.60 Å². The van der Waals surface area contributed by atoms with Gasteiger partial charge in [-0.3, -0.25) is 0 Å². The SMILES string of the molecule is CCSC1CCC1(O)CNc1ccc(-c2ccc(F)cc2)nn1. The maximum absolute atomic E-state index is 12.9.